The van der Waals surface area contributed by atoms with E-state index in [2.05, 4.69) is 26.2 Å². The number of amides is 1. The third-order valence-corrected chi connectivity index (χ3v) is 2.11. The molecule has 100 valence electrons. The number of nitrogens with zero attached hydrogens (tertiary/aromatic N) is 1. The number of carbonyl (C=O) groups excluding carboxylic acids is 1. The predicted molar refractivity (Wildman–Crippen MR) is 66.9 cm³/mol. The fraction of sp³-hybridized carbons (Fsp3) is 0.455. The average Bonchev–Trinajstić information content (AvgIpc) is 2.13. The summed E-state index contributed by atoms with van der Waals surface area (Å²) in [5.74, 6) is 0. The second-order valence-corrected chi connectivity index (χ2v) is 5.55. The van der Waals surface area contributed by atoms with Crippen LogP contribution in [-0.2, 0) is 9.57 Å². The number of hydrogen-bond acceptors (Lipinski definition) is 3. The van der Waals surface area contributed by atoms with Crippen molar-refractivity contribution in [1.82, 2.24) is 4.98 Å². The zero-order valence-corrected chi connectivity index (χ0v) is 11.7. The summed E-state index contributed by atoms with van der Waals surface area (Å²) in [5.41, 5.74) is -0.776. The summed E-state index contributed by atoms with van der Waals surface area (Å²) in [4.78, 5) is 11.7. The maximum Gasteiger partial charge on any atom is 0.412 e. The lowest BCUT2D eigenvalue weighted by atomic mass is 10.2. The summed E-state index contributed by atoms with van der Waals surface area (Å²) >= 11 is 2.19. The maximum atomic E-state index is 12.8. The summed E-state index contributed by atoms with van der Waals surface area (Å²) in [5, 5.41) is 2.39. The molecular weight excluding hydrogens is 310 g/mol. The number of hydrogen-bond donors (Lipinski definition) is 1. The Kier molecular flexibility index (Phi) is 4.26. The topological polar surface area (TPSA) is 51.2 Å². The number of anilines is 1. The highest BCUT2D eigenvalue weighted by atomic mass is 79.9. The van der Waals surface area contributed by atoms with Crippen molar-refractivity contribution < 1.29 is 18.3 Å². The van der Waals surface area contributed by atoms with E-state index in [1.165, 1.54) is 6.07 Å². The third kappa shape index (κ3) is 4.95. The van der Waals surface area contributed by atoms with Gasteiger partial charge in [0.05, 0.1) is 11.9 Å². The molecule has 0 spiro atoms. The second kappa shape index (κ2) is 5.17. The number of pyridine rings is 1. The minimum atomic E-state index is -3.18. The highest BCUT2D eigenvalue weighted by Gasteiger charge is 2.28. The minimum Gasteiger partial charge on any atom is -0.444 e. The van der Waals surface area contributed by atoms with E-state index in [9.17, 15) is 13.6 Å². The Hall–Kier alpha value is -1.24. The van der Waals surface area contributed by atoms with Gasteiger partial charge in [-0.25, -0.2) is 4.79 Å². The van der Waals surface area contributed by atoms with Crippen molar-refractivity contribution in [3.8, 4) is 0 Å². The summed E-state index contributed by atoms with van der Waals surface area (Å²) in [7, 11) is 0. The Morgan fingerprint density at radius 1 is 1.39 bits per heavy atom. The Balaban J connectivity index is 2.67. The van der Waals surface area contributed by atoms with Gasteiger partial charge in [-0.3, -0.25) is 10.3 Å². The van der Waals surface area contributed by atoms with Crippen LogP contribution in [0.5, 0.6) is 0 Å². The lowest BCUT2D eigenvalue weighted by Crippen LogP contribution is -2.27. The van der Waals surface area contributed by atoms with Gasteiger partial charge in [-0.05, 0) is 48.8 Å². The first-order valence-electron chi connectivity index (χ1n) is 5.11. The number of rotatable bonds is 2. The molecule has 1 aromatic heterocycles. The normalized spacial score (nSPS) is 12.1. The van der Waals surface area contributed by atoms with Gasteiger partial charge in [0, 0.05) is 0 Å². The van der Waals surface area contributed by atoms with Crippen LogP contribution in [-0.4, -0.2) is 16.7 Å². The molecule has 0 atom stereocenters. The maximum absolute atomic E-state index is 12.8. The molecule has 1 rings (SSSR count). The van der Waals surface area contributed by atoms with Crippen molar-refractivity contribution >= 4 is 27.7 Å². The first-order chi connectivity index (χ1) is 8.08. The van der Waals surface area contributed by atoms with Gasteiger partial charge in [0.25, 0.3) is 0 Å². The number of alkyl halides is 3. The number of carbonyl (C=O) groups is 1. The van der Waals surface area contributed by atoms with E-state index in [4.69, 9.17) is 4.74 Å². The number of aromatic nitrogens is 1. The van der Waals surface area contributed by atoms with E-state index in [-0.39, 0.29) is 5.69 Å². The molecule has 0 aliphatic rings. The molecule has 0 aliphatic heterocycles. The minimum absolute atomic E-state index is 0.282. The van der Waals surface area contributed by atoms with Crippen molar-refractivity contribution in [2.75, 3.05) is 5.32 Å². The second-order valence-electron chi connectivity index (χ2n) is 4.56. The van der Waals surface area contributed by atoms with E-state index in [0.29, 0.717) is 0 Å². The van der Waals surface area contributed by atoms with Gasteiger partial charge >= 0.3 is 10.9 Å². The number of nitrogens with one attached hydrogen (secondary N) is 1. The zero-order valence-electron chi connectivity index (χ0n) is 10.1. The van der Waals surface area contributed by atoms with Crippen molar-refractivity contribution in [3.63, 3.8) is 0 Å². The first-order valence-corrected chi connectivity index (χ1v) is 5.90. The molecule has 1 amide bonds. The molecule has 0 saturated carbocycles. The van der Waals surface area contributed by atoms with Gasteiger partial charge in [0.2, 0.25) is 0 Å². The van der Waals surface area contributed by atoms with Crippen LogP contribution in [0.1, 0.15) is 26.5 Å². The van der Waals surface area contributed by atoms with Crippen molar-refractivity contribution in [1.29, 1.82) is 0 Å². The molecule has 0 radical (unpaired) electrons. The van der Waals surface area contributed by atoms with Crippen LogP contribution in [0.2, 0.25) is 0 Å². The fourth-order valence-corrected chi connectivity index (χ4v) is 1.29. The molecule has 0 aliphatic carbocycles. The Labute approximate surface area is 112 Å². The van der Waals surface area contributed by atoms with Gasteiger partial charge in [0.15, 0.2) is 0 Å². The molecule has 18 heavy (non-hydrogen) atoms. The zero-order chi connectivity index (χ0) is 14.0. The van der Waals surface area contributed by atoms with Crippen LogP contribution in [0.4, 0.5) is 19.3 Å². The lowest BCUT2D eigenvalue weighted by Gasteiger charge is -2.19. The van der Waals surface area contributed by atoms with Gasteiger partial charge < -0.3 is 4.74 Å². The standard InChI is InChI=1S/C11H13BrF2N2O2/c1-10(2,3)18-9(17)16-7-4-5-8(15-6-7)11(12,13)14/h4-6H,1-3H3,(H,16,17). The van der Waals surface area contributed by atoms with Crippen molar-refractivity contribution in [2.45, 2.75) is 31.2 Å². The van der Waals surface area contributed by atoms with Crippen LogP contribution >= 0.6 is 15.9 Å². The fourth-order valence-electron chi connectivity index (χ4n) is 1.06. The molecule has 0 bridgehead atoms. The van der Waals surface area contributed by atoms with E-state index in [1.807, 2.05) is 0 Å². The number of halogens is 3. The largest absolute Gasteiger partial charge is 0.444 e. The Bertz CT molecular complexity index is 424. The third-order valence-electron chi connectivity index (χ3n) is 1.70. The van der Waals surface area contributed by atoms with Gasteiger partial charge in [-0.15, -0.1) is 0 Å². The van der Waals surface area contributed by atoms with Crippen molar-refractivity contribution in [3.05, 3.63) is 24.0 Å². The molecule has 0 fully saturated rings. The van der Waals surface area contributed by atoms with E-state index in [1.54, 1.807) is 20.8 Å². The molecule has 4 nitrogen and oxygen atoms in total. The van der Waals surface area contributed by atoms with Crippen LogP contribution in [0.15, 0.2) is 18.3 Å². The van der Waals surface area contributed by atoms with E-state index in [0.717, 1.165) is 12.3 Å². The first kappa shape index (κ1) is 14.8. The smallest absolute Gasteiger partial charge is 0.412 e. The highest BCUT2D eigenvalue weighted by molar-refractivity contribution is 9.09. The summed E-state index contributed by atoms with van der Waals surface area (Å²) in [6.07, 6.45) is 0.469. The highest BCUT2D eigenvalue weighted by Crippen LogP contribution is 2.33. The molecular formula is C11H13BrF2N2O2. The van der Waals surface area contributed by atoms with Gasteiger partial charge in [-0.1, -0.05) is 0 Å². The van der Waals surface area contributed by atoms with Gasteiger partial charge in [-0.2, -0.15) is 8.78 Å². The molecule has 7 heteroatoms. The van der Waals surface area contributed by atoms with Crippen LogP contribution < -0.4 is 5.32 Å². The Morgan fingerprint density at radius 3 is 2.39 bits per heavy atom. The van der Waals surface area contributed by atoms with Crippen LogP contribution in [0.3, 0.4) is 0 Å². The summed E-state index contributed by atoms with van der Waals surface area (Å²) in [6, 6.07) is 2.43. The molecule has 0 unspecified atom stereocenters. The Morgan fingerprint density at radius 2 is 2.00 bits per heavy atom. The molecule has 1 N–H and O–H groups in total. The SMILES string of the molecule is CC(C)(C)OC(=O)Nc1ccc(C(F)(F)Br)nc1. The molecule has 1 heterocycles. The monoisotopic (exact) mass is 322 g/mol. The molecule has 1 aromatic rings. The lowest BCUT2D eigenvalue weighted by molar-refractivity contribution is 0.0636. The van der Waals surface area contributed by atoms with Crippen LogP contribution in [0, 0.1) is 0 Å². The predicted octanol–water partition coefficient (Wildman–Crippen LogP) is 3.87. The van der Waals surface area contributed by atoms with E-state index >= 15 is 0 Å². The van der Waals surface area contributed by atoms with Crippen molar-refractivity contribution in [2.24, 2.45) is 0 Å². The van der Waals surface area contributed by atoms with Crippen LogP contribution in [0.25, 0.3) is 0 Å². The quantitative estimate of drug-likeness (QED) is 0.841. The molecule has 0 saturated heterocycles. The van der Waals surface area contributed by atoms with Gasteiger partial charge in [0.1, 0.15) is 11.3 Å². The molecule has 0 aromatic carbocycles. The summed E-state index contributed by atoms with van der Waals surface area (Å²) < 4.78 is 30.6. The summed E-state index contributed by atoms with van der Waals surface area (Å²) in [6.45, 7) is 5.16. The number of ether oxygens (including phenoxy) is 1. The van der Waals surface area contributed by atoms with E-state index < -0.39 is 22.2 Å². The average molecular weight is 323 g/mol.